The lowest BCUT2D eigenvalue weighted by atomic mass is 10.0. The molecular formula is C14H26N2O. The number of likely N-dealkylation sites (N-methyl/N-ethyl adjacent to an activating group) is 1. The van der Waals surface area contributed by atoms with Crippen LogP contribution in [0.2, 0.25) is 0 Å². The highest BCUT2D eigenvalue weighted by molar-refractivity contribution is 5.84. The van der Waals surface area contributed by atoms with E-state index in [4.69, 9.17) is 0 Å². The van der Waals surface area contributed by atoms with Gasteiger partial charge in [-0.25, -0.2) is 0 Å². The van der Waals surface area contributed by atoms with Gasteiger partial charge in [-0.05, 0) is 30.7 Å². The van der Waals surface area contributed by atoms with Crippen molar-refractivity contribution in [3.8, 4) is 0 Å². The second-order valence-electron chi connectivity index (χ2n) is 6.79. The number of nitrogens with one attached hydrogen (secondary N) is 1. The lowest BCUT2D eigenvalue weighted by Crippen LogP contribution is -2.48. The molecule has 0 unspecified atom stereocenters. The van der Waals surface area contributed by atoms with Crippen LogP contribution in [0, 0.1) is 16.7 Å². The van der Waals surface area contributed by atoms with Crippen molar-refractivity contribution in [2.75, 3.05) is 20.1 Å². The smallest absolute Gasteiger partial charge is 0.226 e. The summed E-state index contributed by atoms with van der Waals surface area (Å²) in [6.45, 7) is 10.7. The Balaban J connectivity index is 2.02. The zero-order valence-corrected chi connectivity index (χ0v) is 11.8. The molecular weight excluding hydrogens is 212 g/mol. The van der Waals surface area contributed by atoms with Crippen molar-refractivity contribution in [2.45, 2.75) is 46.6 Å². The van der Waals surface area contributed by atoms with Gasteiger partial charge in [0.1, 0.15) is 0 Å². The van der Waals surface area contributed by atoms with Crippen LogP contribution in [0.25, 0.3) is 0 Å². The third-order valence-electron chi connectivity index (χ3n) is 5.41. The van der Waals surface area contributed by atoms with Gasteiger partial charge in [-0.1, -0.05) is 27.7 Å². The zero-order chi connectivity index (χ0) is 12.8. The van der Waals surface area contributed by atoms with Gasteiger partial charge in [-0.15, -0.1) is 0 Å². The Labute approximate surface area is 105 Å². The molecule has 1 aliphatic carbocycles. The van der Waals surface area contributed by atoms with E-state index in [0.29, 0.717) is 11.9 Å². The molecule has 3 heteroatoms. The van der Waals surface area contributed by atoms with E-state index in [1.54, 1.807) is 0 Å². The molecule has 1 saturated heterocycles. The van der Waals surface area contributed by atoms with E-state index in [-0.39, 0.29) is 16.7 Å². The van der Waals surface area contributed by atoms with Gasteiger partial charge in [0.05, 0.1) is 0 Å². The van der Waals surface area contributed by atoms with Crippen LogP contribution >= 0.6 is 0 Å². The van der Waals surface area contributed by atoms with Gasteiger partial charge in [0.25, 0.3) is 0 Å². The molecule has 0 aromatic rings. The minimum Gasteiger partial charge on any atom is -0.341 e. The van der Waals surface area contributed by atoms with Crippen LogP contribution in [-0.4, -0.2) is 37.0 Å². The minimum absolute atomic E-state index is 0.163. The van der Waals surface area contributed by atoms with E-state index < -0.39 is 0 Å². The summed E-state index contributed by atoms with van der Waals surface area (Å²) < 4.78 is 0. The van der Waals surface area contributed by atoms with E-state index in [1.165, 1.54) is 6.42 Å². The molecule has 2 aliphatic rings. The first kappa shape index (κ1) is 12.9. The number of carbonyl (C=O) groups excluding carboxylic acids is 1. The van der Waals surface area contributed by atoms with Gasteiger partial charge < -0.3 is 10.2 Å². The molecule has 1 saturated carbocycles. The molecule has 0 aromatic carbocycles. The van der Waals surface area contributed by atoms with Gasteiger partial charge in [0.2, 0.25) is 5.91 Å². The summed E-state index contributed by atoms with van der Waals surface area (Å²) in [5.41, 5.74) is 0.327. The van der Waals surface area contributed by atoms with Crippen LogP contribution in [0.3, 0.4) is 0 Å². The average Bonchev–Trinajstić information content (AvgIpc) is 2.69. The van der Waals surface area contributed by atoms with Gasteiger partial charge in [-0.3, -0.25) is 4.79 Å². The number of rotatable bonds is 2. The number of piperidine rings is 1. The van der Waals surface area contributed by atoms with Crippen LogP contribution in [0.1, 0.15) is 40.5 Å². The van der Waals surface area contributed by atoms with E-state index in [9.17, 15) is 4.79 Å². The molecule has 0 spiro atoms. The van der Waals surface area contributed by atoms with Crippen molar-refractivity contribution in [3.05, 3.63) is 0 Å². The number of amides is 1. The van der Waals surface area contributed by atoms with E-state index in [1.807, 2.05) is 7.05 Å². The van der Waals surface area contributed by atoms with E-state index in [2.05, 4.69) is 37.9 Å². The van der Waals surface area contributed by atoms with Crippen molar-refractivity contribution in [1.82, 2.24) is 10.2 Å². The lowest BCUT2D eigenvalue weighted by molar-refractivity contribution is -0.135. The summed E-state index contributed by atoms with van der Waals surface area (Å²) in [7, 11) is 1.99. The fraction of sp³-hybridized carbons (Fsp3) is 0.929. The van der Waals surface area contributed by atoms with Gasteiger partial charge in [-0.2, -0.15) is 0 Å². The summed E-state index contributed by atoms with van der Waals surface area (Å²) in [5, 5.41) is 3.30. The topological polar surface area (TPSA) is 32.3 Å². The van der Waals surface area contributed by atoms with Crippen LogP contribution in [0.4, 0.5) is 0 Å². The molecule has 98 valence electrons. The zero-order valence-electron chi connectivity index (χ0n) is 11.8. The van der Waals surface area contributed by atoms with Crippen LogP contribution in [-0.2, 0) is 4.79 Å². The highest BCUT2D eigenvalue weighted by atomic mass is 16.2. The average molecular weight is 238 g/mol. The summed E-state index contributed by atoms with van der Waals surface area (Å²) in [6, 6.07) is 0.484. The number of likely N-dealkylation sites (tertiary alicyclic amines) is 1. The molecule has 0 radical (unpaired) electrons. The predicted molar refractivity (Wildman–Crippen MR) is 69.7 cm³/mol. The first-order chi connectivity index (χ1) is 7.82. The monoisotopic (exact) mass is 238 g/mol. The fourth-order valence-electron chi connectivity index (χ4n) is 3.41. The largest absolute Gasteiger partial charge is 0.341 e. The van der Waals surface area contributed by atoms with Crippen LogP contribution in [0.15, 0.2) is 0 Å². The quantitative estimate of drug-likeness (QED) is 0.796. The van der Waals surface area contributed by atoms with E-state index >= 15 is 0 Å². The molecule has 1 amide bonds. The molecule has 1 aliphatic heterocycles. The third kappa shape index (κ3) is 1.88. The number of hydrogen-bond donors (Lipinski definition) is 1. The third-order valence-corrected chi connectivity index (χ3v) is 5.41. The normalized spacial score (nSPS) is 31.4. The molecule has 3 nitrogen and oxygen atoms in total. The molecule has 17 heavy (non-hydrogen) atoms. The maximum atomic E-state index is 12.6. The summed E-state index contributed by atoms with van der Waals surface area (Å²) in [5.74, 6) is 0.588. The maximum Gasteiger partial charge on any atom is 0.226 e. The second-order valence-corrected chi connectivity index (χ2v) is 6.79. The molecule has 1 heterocycles. The van der Waals surface area contributed by atoms with Crippen LogP contribution in [0.5, 0.6) is 0 Å². The Morgan fingerprint density at radius 3 is 2.29 bits per heavy atom. The van der Waals surface area contributed by atoms with Crippen LogP contribution < -0.4 is 5.32 Å². The second kappa shape index (κ2) is 3.98. The maximum absolute atomic E-state index is 12.6. The molecule has 1 atom stereocenters. The predicted octanol–water partition coefficient (Wildman–Crippen LogP) is 1.88. The summed E-state index contributed by atoms with van der Waals surface area (Å²) in [4.78, 5) is 14.6. The standard InChI is InChI=1S/C14H26N2O/c1-13(2)11(14(13,3)4)12(17)16-8-6-7-10(9-16)15-5/h10-11,15H,6-9H2,1-5H3/t10-/m0/s1. The number of carbonyl (C=O) groups is 1. The van der Waals surface area contributed by atoms with E-state index in [0.717, 1.165) is 19.5 Å². The first-order valence-electron chi connectivity index (χ1n) is 6.78. The highest BCUT2D eigenvalue weighted by Gasteiger charge is 2.68. The number of hydrogen-bond acceptors (Lipinski definition) is 2. The highest BCUT2D eigenvalue weighted by Crippen LogP contribution is 2.68. The van der Waals surface area contributed by atoms with Gasteiger partial charge in [0, 0.05) is 25.0 Å². The Morgan fingerprint density at radius 1 is 1.24 bits per heavy atom. The first-order valence-corrected chi connectivity index (χ1v) is 6.78. The number of nitrogens with zero attached hydrogens (tertiary/aromatic N) is 1. The SMILES string of the molecule is CN[C@H]1CCCN(C(=O)C2C(C)(C)C2(C)C)C1. The van der Waals surface area contributed by atoms with Crippen molar-refractivity contribution >= 4 is 5.91 Å². The fourth-order valence-corrected chi connectivity index (χ4v) is 3.41. The Kier molecular flexibility index (Phi) is 3.01. The van der Waals surface area contributed by atoms with Crippen molar-refractivity contribution in [2.24, 2.45) is 16.7 Å². The molecule has 0 bridgehead atoms. The summed E-state index contributed by atoms with van der Waals surface area (Å²) >= 11 is 0. The van der Waals surface area contributed by atoms with Crippen molar-refractivity contribution in [1.29, 1.82) is 0 Å². The van der Waals surface area contributed by atoms with Crippen molar-refractivity contribution in [3.63, 3.8) is 0 Å². The summed E-state index contributed by atoms with van der Waals surface area (Å²) in [6.07, 6.45) is 2.32. The minimum atomic E-state index is 0.163. The molecule has 0 aromatic heterocycles. The molecule has 1 N–H and O–H groups in total. The Bertz CT molecular complexity index is 308. The Hall–Kier alpha value is -0.570. The molecule has 2 rings (SSSR count). The van der Waals surface area contributed by atoms with Gasteiger partial charge >= 0.3 is 0 Å². The molecule has 2 fully saturated rings. The van der Waals surface area contributed by atoms with Crippen molar-refractivity contribution < 1.29 is 4.79 Å². The van der Waals surface area contributed by atoms with Gasteiger partial charge in [0.15, 0.2) is 0 Å². The lowest BCUT2D eigenvalue weighted by Gasteiger charge is -2.33. The Morgan fingerprint density at radius 2 is 1.82 bits per heavy atom.